The van der Waals surface area contributed by atoms with Gasteiger partial charge in [-0.05, 0) is 6.07 Å². The van der Waals surface area contributed by atoms with E-state index in [1.807, 2.05) is 0 Å². The van der Waals surface area contributed by atoms with E-state index in [1.54, 1.807) is 6.92 Å². The summed E-state index contributed by atoms with van der Waals surface area (Å²) in [6.07, 6.45) is 0. The van der Waals surface area contributed by atoms with Gasteiger partial charge in [-0.1, -0.05) is 6.92 Å². The van der Waals surface area contributed by atoms with E-state index in [0.717, 1.165) is 6.07 Å². The van der Waals surface area contributed by atoms with Crippen molar-refractivity contribution >= 4 is 23.1 Å². The first-order valence-electron chi connectivity index (χ1n) is 5.10. The topological polar surface area (TPSA) is 107 Å². The fraction of sp³-hybridized carbons (Fsp3) is 0.400. The number of thioether (sulfide) groups is 1. The number of hydrogen-bond donors (Lipinski definition) is 1. The van der Waals surface area contributed by atoms with Crippen LogP contribution in [0.25, 0.3) is 0 Å². The van der Waals surface area contributed by atoms with Crippen LogP contribution in [0.1, 0.15) is 12.5 Å². The third-order valence-corrected chi connectivity index (χ3v) is 3.45. The first kappa shape index (κ1) is 14.4. The van der Waals surface area contributed by atoms with Crippen LogP contribution >= 0.6 is 11.8 Å². The second kappa shape index (κ2) is 6.31. The Kier molecular flexibility index (Phi) is 5.05. The van der Waals surface area contributed by atoms with E-state index in [1.165, 1.54) is 23.9 Å². The molecule has 0 aliphatic rings. The molecule has 1 rings (SSSR count). The molecule has 1 atom stereocenters. The predicted molar refractivity (Wildman–Crippen MR) is 67.6 cm³/mol. The van der Waals surface area contributed by atoms with Crippen LogP contribution in [0, 0.1) is 20.2 Å². The number of nitro benzene ring substituents is 2. The highest BCUT2D eigenvalue weighted by atomic mass is 32.2. The van der Waals surface area contributed by atoms with Crippen molar-refractivity contribution in [3.05, 3.63) is 44.0 Å². The van der Waals surface area contributed by atoms with Crippen LogP contribution < -0.4 is 0 Å². The number of rotatable bonds is 6. The van der Waals surface area contributed by atoms with E-state index in [2.05, 4.69) is 0 Å². The van der Waals surface area contributed by atoms with Gasteiger partial charge in [0, 0.05) is 22.6 Å². The van der Waals surface area contributed by atoms with Gasteiger partial charge in [0.05, 0.1) is 22.5 Å². The van der Waals surface area contributed by atoms with Crippen molar-refractivity contribution in [3.8, 4) is 0 Å². The van der Waals surface area contributed by atoms with E-state index in [-0.39, 0.29) is 23.2 Å². The summed E-state index contributed by atoms with van der Waals surface area (Å²) in [6, 6.07) is 3.58. The molecule has 0 spiro atoms. The normalized spacial score (nSPS) is 12.1. The zero-order valence-corrected chi connectivity index (χ0v) is 10.4. The largest absolute Gasteiger partial charge is 0.395 e. The van der Waals surface area contributed by atoms with Gasteiger partial charge in [-0.15, -0.1) is 0 Å². The molecule has 0 aliphatic heterocycles. The zero-order chi connectivity index (χ0) is 13.7. The highest BCUT2D eigenvalue weighted by molar-refractivity contribution is 7.99. The first-order valence-corrected chi connectivity index (χ1v) is 6.14. The van der Waals surface area contributed by atoms with Gasteiger partial charge in [0.25, 0.3) is 11.4 Å². The van der Waals surface area contributed by atoms with Crippen molar-refractivity contribution in [2.45, 2.75) is 17.9 Å². The SMILES string of the molecule is CC(CO)SCc1ccc([N+](=O)[O-])cc1[N+](=O)[O-]. The van der Waals surface area contributed by atoms with Crippen LogP contribution in [-0.2, 0) is 5.75 Å². The minimum atomic E-state index is -0.666. The van der Waals surface area contributed by atoms with Crippen molar-refractivity contribution in [1.29, 1.82) is 0 Å². The molecule has 1 aromatic rings. The van der Waals surface area contributed by atoms with E-state index in [9.17, 15) is 20.2 Å². The highest BCUT2D eigenvalue weighted by Gasteiger charge is 2.19. The van der Waals surface area contributed by atoms with Gasteiger partial charge in [0.2, 0.25) is 0 Å². The minimum Gasteiger partial charge on any atom is -0.395 e. The third-order valence-electron chi connectivity index (χ3n) is 2.26. The number of non-ortho nitro benzene ring substituents is 1. The molecule has 0 aromatic heterocycles. The van der Waals surface area contributed by atoms with E-state index in [0.29, 0.717) is 11.3 Å². The number of aliphatic hydroxyl groups excluding tert-OH is 1. The zero-order valence-electron chi connectivity index (χ0n) is 9.61. The molecule has 1 aromatic carbocycles. The molecular weight excluding hydrogens is 260 g/mol. The molecule has 0 amide bonds. The van der Waals surface area contributed by atoms with Crippen molar-refractivity contribution in [2.24, 2.45) is 0 Å². The number of nitro groups is 2. The number of hydrogen-bond acceptors (Lipinski definition) is 6. The van der Waals surface area contributed by atoms with Crippen LogP contribution in [0.15, 0.2) is 18.2 Å². The standard InChI is InChI=1S/C10H12N2O5S/c1-7(5-13)18-6-8-2-3-9(11(14)15)4-10(8)12(16)17/h2-4,7,13H,5-6H2,1H3. The Labute approximate surface area is 107 Å². The van der Waals surface area contributed by atoms with Gasteiger partial charge in [-0.25, -0.2) is 0 Å². The monoisotopic (exact) mass is 272 g/mol. The van der Waals surface area contributed by atoms with Gasteiger partial charge in [-0.3, -0.25) is 20.2 Å². The number of aliphatic hydroxyl groups is 1. The van der Waals surface area contributed by atoms with Crippen LogP contribution in [0.3, 0.4) is 0 Å². The van der Waals surface area contributed by atoms with Crippen molar-refractivity contribution in [1.82, 2.24) is 0 Å². The molecule has 0 saturated heterocycles. The molecule has 0 heterocycles. The molecule has 0 saturated carbocycles. The molecule has 18 heavy (non-hydrogen) atoms. The van der Waals surface area contributed by atoms with E-state index >= 15 is 0 Å². The Morgan fingerprint density at radius 1 is 1.33 bits per heavy atom. The lowest BCUT2D eigenvalue weighted by Crippen LogP contribution is -2.03. The lowest BCUT2D eigenvalue weighted by atomic mass is 10.2. The molecule has 8 heteroatoms. The Morgan fingerprint density at radius 3 is 2.50 bits per heavy atom. The van der Waals surface area contributed by atoms with Gasteiger partial charge in [0.15, 0.2) is 0 Å². The minimum absolute atomic E-state index is 0.0224. The number of benzene rings is 1. The Balaban J connectivity index is 2.97. The summed E-state index contributed by atoms with van der Waals surface area (Å²) in [5, 5.41) is 30.2. The molecule has 7 nitrogen and oxygen atoms in total. The van der Waals surface area contributed by atoms with Crippen LogP contribution in [0.4, 0.5) is 11.4 Å². The lowest BCUT2D eigenvalue weighted by Gasteiger charge is -2.07. The van der Waals surface area contributed by atoms with Crippen LogP contribution in [0.2, 0.25) is 0 Å². The fourth-order valence-corrected chi connectivity index (χ4v) is 2.06. The Bertz CT molecular complexity index is 466. The quantitative estimate of drug-likeness (QED) is 0.627. The van der Waals surface area contributed by atoms with Gasteiger partial charge in [0.1, 0.15) is 0 Å². The van der Waals surface area contributed by atoms with E-state index < -0.39 is 9.85 Å². The lowest BCUT2D eigenvalue weighted by molar-refractivity contribution is -0.394. The molecule has 1 unspecified atom stereocenters. The van der Waals surface area contributed by atoms with Crippen LogP contribution in [-0.4, -0.2) is 26.8 Å². The van der Waals surface area contributed by atoms with Crippen molar-refractivity contribution in [2.75, 3.05) is 6.61 Å². The molecule has 1 N–H and O–H groups in total. The molecule has 98 valence electrons. The van der Waals surface area contributed by atoms with Gasteiger partial charge in [-0.2, -0.15) is 11.8 Å². The maximum atomic E-state index is 10.8. The smallest absolute Gasteiger partial charge is 0.280 e. The second-order valence-corrected chi connectivity index (χ2v) is 5.06. The molecule has 0 bridgehead atoms. The third kappa shape index (κ3) is 3.67. The molecule has 0 radical (unpaired) electrons. The van der Waals surface area contributed by atoms with Gasteiger partial charge >= 0.3 is 0 Å². The summed E-state index contributed by atoms with van der Waals surface area (Å²) >= 11 is 1.35. The number of nitrogens with zero attached hydrogens (tertiary/aromatic N) is 2. The Morgan fingerprint density at radius 2 is 2.00 bits per heavy atom. The predicted octanol–water partition coefficient (Wildman–Crippen LogP) is 2.12. The Hall–Kier alpha value is -1.67. The average molecular weight is 272 g/mol. The van der Waals surface area contributed by atoms with Gasteiger partial charge < -0.3 is 5.11 Å². The molecule has 0 aliphatic carbocycles. The van der Waals surface area contributed by atoms with Crippen molar-refractivity contribution < 1.29 is 15.0 Å². The maximum Gasteiger partial charge on any atom is 0.280 e. The second-order valence-electron chi connectivity index (χ2n) is 3.63. The summed E-state index contributed by atoms with van der Waals surface area (Å²) < 4.78 is 0. The maximum absolute atomic E-state index is 10.8. The summed E-state index contributed by atoms with van der Waals surface area (Å²) in [5.41, 5.74) is -0.150. The summed E-state index contributed by atoms with van der Waals surface area (Å²) in [5.74, 6) is 0.329. The molecule has 0 fully saturated rings. The fourth-order valence-electron chi connectivity index (χ4n) is 1.24. The molecular formula is C10H12N2O5S. The van der Waals surface area contributed by atoms with Crippen LogP contribution in [0.5, 0.6) is 0 Å². The highest BCUT2D eigenvalue weighted by Crippen LogP contribution is 2.28. The summed E-state index contributed by atoms with van der Waals surface area (Å²) in [6.45, 7) is 1.77. The average Bonchev–Trinajstić information content (AvgIpc) is 2.35. The summed E-state index contributed by atoms with van der Waals surface area (Å²) in [4.78, 5) is 20.1. The van der Waals surface area contributed by atoms with E-state index in [4.69, 9.17) is 5.11 Å². The first-order chi connectivity index (χ1) is 8.45. The summed E-state index contributed by atoms with van der Waals surface area (Å²) in [7, 11) is 0. The van der Waals surface area contributed by atoms with Crippen molar-refractivity contribution in [3.63, 3.8) is 0 Å².